The van der Waals surface area contributed by atoms with Crippen molar-refractivity contribution in [3.05, 3.63) is 47.3 Å². The lowest BCUT2D eigenvalue weighted by Crippen LogP contribution is -2.23. The molecule has 1 heterocycles. The molecule has 0 aliphatic carbocycles. The van der Waals surface area contributed by atoms with E-state index >= 15 is 0 Å². The van der Waals surface area contributed by atoms with Crippen LogP contribution in [0.2, 0.25) is 0 Å². The Balaban J connectivity index is 1.80. The number of carbonyl (C=O) groups excluding carboxylic acids is 1. The van der Waals surface area contributed by atoms with Gasteiger partial charge in [-0.05, 0) is 42.4 Å². The first kappa shape index (κ1) is 23.0. The zero-order valence-corrected chi connectivity index (χ0v) is 17.5. The third-order valence-corrected chi connectivity index (χ3v) is 4.73. The maximum Gasteiger partial charge on any atom is 0.416 e. The van der Waals surface area contributed by atoms with Crippen molar-refractivity contribution in [1.29, 1.82) is 0 Å². The van der Waals surface area contributed by atoms with Gasteiger partial charge in [-0.1, -0.05) is 37.7 Å². The zero-order chi connectivity index (χ0) is 21.4. The Bertz CT molecular complexity index is 829. The van der Waals surface area contributed by atoms with E-state index in [-0.39, 0.29) is 5.91 Å². The topological polar surface area (TPSA) is 59.8 Å². The largest absolute Gasteiger partial charge is 0.416 e. The zero-order valence-electron chi connectivity index (χ0n) is 16.7. The summed E-state index contributed by atoms with van der Waals surface area (Å²) < 4.78 is 39.7. The highest BCUT2D eigenvalue weighted by Crippen LogP contribution is 2.29. The highest BCUT2D eigenvalue weighted by atomic mass is 32.2. The predicted molar refractivity (Wildman–Crippen MR) is 108 cm³/mol. The summed E-state index contributed by atoms with van der Waals surface area (Å²) in [7, 11) is 0. The molecule has 1 N–H and O–H groups in total. The molecule has 0 saturated carbocycles. The molecule has 0 fully saturated rings. The van der Waals surface area contributed by atoms with Crippen molar-refractivity contribution < 1.29 is 18.0 Å². The Morgan fingerprint density at radius 3 is 2.52 bits per heavy atom. The number of aromatic nitrogens is 3. The van der Waals surface area contributed by atoms with Gasteiger partial charge in [0.05, 0.1) is 5.56 Å². The molecule has 2 rings (SSSR count). The smallest absolute Gasteiger partial charge is 0.353 e. The van der Waals surface area contributed by atoms with Crippen LogP contribution in [0.4, 0.5) is 13.2 Å². The first-order valence-electron chi connectivity index (χ1n) is 9.30. The van der Waals surface area contributed by atoms with E-state index in [0.717, 1.165) is 29.7 Å². The molecule has 0 atom stereocenters. The molecular weight excluding hydrogens is 401 g/mol. The third kappa shape index (κ3) is 7.23. The van der Waals surface area contributed by atoms with Gasteiger partial charge in [0.2, 0.25) is 5.91 Å². The van der Waals surface area contributed by atoms with Crippen LogP contribution in [0.3, 0.4) is 0 Å². The van der Waals surface area contributed by atoms with Gasteiger partial charge in [-0.2, -0.15) is 13.2 Å². The average molecular weight is 427 g/mol. The molecule has 0 bridgehead atoms. The number of halogens is 3. The summed E-state index contributed by atoms with van der Waals surface area (Å²) in [5, 5.41) is 12.1. The van der Waals surface area contributed by atoms with Crippen LogP contribution in [0, 0.1) is 5.92 Å². The molecule has 9 heteroatoms. The van der Waals surface area contributed by atoms with Crippen LogP contribution in [-0.4, -0.2) is 33.5 Å². The number of hydrogen-bond donors (Lipinski definition) is 1. The van der Waals surface area contributed by atoms with Gasteiger partial charge in [-0.25, -0.2) is 0 Å². The molecule has 1 amide bonds. The van der Waals surface area contributed by atoms with E-state index in [2.05, 4.69) is 33.9 Å². The summed E-state index contributed by atoms with van der Waals surface area (Å²) in [5.41, 5.74) is -0.186. The normalized spacial score (nSPS) is 12.1. The molecule has 0 radical (unpaired) electrons. The molecule has 29 heavy (non-hydrogen) atoms. The van der Waals surface area contributed by atoms with Crippen LogP contribution in [0.5, 0.6) is 0 Å². The number of nitrogens with zero attached hydrogens (tertiary/aromatic N) is 3. The van der Waals surface area contributed by atoms with Crippen LogP contribution in [-0.2, 0) is 23.9 Å². The first-order valence-corrected chi connectivity index (χ1v) is 10.5. The lowest BCUT2D eigenvalue weighted by atomic mass is 10.1. The summed E-state index contributed by atoms with van der Waals surface area (Å²) in [6, 6.07) is 4.65. The summed E-state index contributed by atoms with van der Waals surface area (Å²) in [6.07, 6.45) is 1.81. The van der Waals surface area contributed by atoms with Crippen molar-refractivity contribution in [2.24, 2.45) is 5.92 Å². The molecule has 0 aliphatic heterocycles. The van der Waals surface area contributed by atoms with E-state index in [0.29, 0.717) is 30.9 Å². The van der Waals surface area contributed by atoms with Crippen LogP contribution >= 0.6 is 11.8 Å². The van der Waals surface area contributed by atoms with Gasteiger partial charge in [-0.15, -0.1) is 10.2 Å². The number of amides is 1. The van der Waals surface area contributed by atoms with Crippen molar-refractivity contribution in [1.82, 2.24) is 20.1 Å². The van der Waals surface area contributed by atoms with E-state index in [1.165, 1.54) is 24.3 Å². The number of rotatable bonds is 9. The van der Waals surface area contributed by atoms with Gasteiger partial charge >= 0.3 is 6.18 Å². The lowest BCUT2D eigenvalue weighted by Gasteiger charge is -2.11. The number of carbonyl (C=O) groups is 1. The van der Waals surface area contributed by atoms with Gasteiger partial charge in [0.25, 0.3) is 0 Å². The van der Waals surface area contributed by atoms with Crippen LogP contribution < -0.4 is 5.32 Å². The van der Waals surface area contributed by atoms with Crippen molar-refractivity contribution >= 4 is 23.7 Å². The molecule has 0 saturated heterocycles. The number of alkyl halides is 3. The molecule has 0 unspecified atom stereocenters. The standard InChI is InChI=1S/C20H25F3N4OS/c1-14(2)13-27-17(25-26-19(27)29-3)5-4-12-24-18(28)11-8-15-6-9-16(10-7-15)20(21,22)23/h6-11,14H,4-5,12-13H2,1-3H3,(H,24,28)/b11-8+. The highest BCUT2D eigenvalue weighted by molar-refractivity contribution is 7.98. The fourth-order valence-electron chi connectivity index (χ4n) is 2.68. The van der Waals surface area contributed by atoms with E-state index < -0.39 is 11.7 Å². The van der Waals surface area contributed by atoms with Crippen LogP contribution in [0.25, 0.3) is 6.08 Å². The van der Waals surface area contributed by atoms with Crippen LogP contribution in [0.1, 0.15) is 37.2 Å². The fourth-order valence-corrected chi connectivity index (χ4v) is 3.20. The second-order valence-corrected chi connectivity index (χ2v) is 7.73. The van der Waals surface area contributed by atoms with Gasteiger partial charge in [0.1, 0.15) is 5.82 Å². The SMILES string of the molecule is CSc1nnc(CCCNC(=O)/C=C/c2ccc(C(F)(F)F)cc2)n1CC(C)C. The van der Waals surface area contributed by atoms with Gasteiger partial charge in [-0.3, -0.25) is 4.79 Å². The Morgan fingerprint density at radius 2 is 1.93 bits per heavy atom. The maximum absolute atomic E-state index is 12.5. The molecule has 0 spiro atoms. The van der Waals surface area contributed by atoms with Gasteiger partial charge in [0.15, 0.2) is 5.16 Å². The number of thioether (sulfide) groups is 1. The second-order valence-electron chi connectivity index (χ2n) is 6.96. The predicted octanol–water partition coefficient (Wildman–Crippen LogP) is 4.44. The molecular formula is C20H25F3N4OS. The minimum atomic E-state index is -4.37. The Kier molecular flexibility index (Phi) is 8.31. The first-order chi connectivity index (χ1) is 13.7. The molecule has 0 aliphatic rings. The van der Waals surface area contributed by atoms with Crippen molar-refractivity contribution in [3.8, 4) is 0 Å². The van der Waals surface area contributed by atoms with Crippen molar-refractivity contribution in [2.75, 3.05) is 12.8 Å². The number of aryl methyl sites for hydroxylation is 1. The van der Waals surface area contributed by atoms with Crippen molar-refractivity contribution in [2.45, 2.75) is 44.6 Å². The molecule has 5 nitrogen and oxygen atoms in total. The van der Waals surface area contributed by atoms with E-state index in [4.69, 9.17) is 0 Å². The Hall–Kier alpha value is -2.29. The lowest BCUT2D eigenvalue weighted by molar-refractivity contribution is -0.137. The number of benzene rings is 1. The van der Waals surface area contributed by atoms with Gasteiger partial charge in [0, 0.05) is 25.6 Å². The maximum atomic E-state index is 12.5. The van der Waals surface area contributed by atoms with E-state index in [9.17, 15) is 18.0 Å². The Labute approximate surface area is 172 Å². The fraction of sp³-hybridized carbons (Fsp3) is 0.450. The van der Waals surface area contributed by atoms with E-state index in [1.54, 1.807) is 11.8 Å². The summed E-state index contributed by atoms with van der Waals surface area (Å²) >= 11 is 1.56. The molecule has 2 aromatic rings. The minimum absolute atomic E-state index is 0.293. The van der Waals surface area contributed by atoms with Crippen molar-refractivity contribution in [3.63, 3.8) is 0 Å². The van der Waals surface area contributed by atoms with E-state index in [1.807, 2.05) is 6.26 Å². The molecule has 1 aromatic carbocycles. The monoisotopic (exact) mass is 426 g/mol. The third-order valence-electron chi connectivity index (χ3n) is 4.07. The summed E-state index contributed by atoms with van der Waals surface area (Å²) in [6.45, 7) is 5.59. The minimum Gasteiger partial charge on any atom is -0.353 e. The van der Waals surface area contributed by atoms with Gasteiger partial charge < -0.3 is 9.88 Å². The number of hydrogen-bond acceptors (Lipinski definition) is 4. The molecule has 158 valence electrons. The average Bonchev–Trinajstić information content (AvgIpc) is 3.04. The number of nitrogens with one attached hydrogen (secondary N) is 1. The second kappa shape index (κ2) is 10.5. The van der Waals surface area contributed by atoms with Crippen LogP contribution in [0.15, 0.2) is 35.5 Å². The quantitative estimate of drug-likeness (QED) is 0.366. The summed E-state index contributed by atoms with van der Waals surface area (Å²) in [4.78, 5) is 11.9. The Morgan fingerprint density at radius 1 is 1.24 bits per heavy atom. The summed E-state index contributed by atoms with van der Waals surface area (Å²) in [5.74, 6) is 1.08. The highest BCUT2D eigenvalue weighted by Gasteiger charge is 2.29. The molecule has 1 aromatic heterocycles.